The molecule has 0 spiro atoms. The molecule has 3 aromatic rings. The molecule has 0 saturated carbocycles. The molecule has 1 atom stereocenters. The van der Waals surface area contributed by atoms with Gasteiger partial charge in [0, 0.05) is 36.9 Å². The lowest BCUT2D eigenvalue weighted by molar-refractivity contribution is 0.140. The van der Waals surface area contributed by atoms with Gasteiger partial charge in [0.25, 0.3) is 0 Å². The molecule has 5 nitrogen and oxygen atoms in total. The summed E-state index contributed by atoms with van der Waals surface area (Å²) < 4.78 is 0. The number of nitrogens with one attached hydrogen (secondary N) is 1. The van der Waals surface area contributed by atoms with Gasteiger partial charge in [0.2, 0.25) is 0 Å². The highest BCUT2D eigenvalue weighted by Crippen LogP contribution is 2.32. The Bertz CT molecular complexity index is 863. The summed E-state index contributed by atoms with van der Waals surface area (Å²) in [7, 11) is 0. The van der Waals surface area contributed by atoms with Crippen LogP contribution in [0.4, 0.5) is 11.6 Å². The summed E-state index contributed by atoms with van der Waals surface area (Å²) in [4.78, 5) is 15.9. The van der Waals surface area contributed by atoms with Crippen LogP contribution in [-0.2, 0) is 6.54 Å². The fourth-order valence-electron chi connectivity index (χ4n) is 3.70. The molecular formula is C22H25N5. The van der Waals surface area contributed by atoms with Crippen molar-refractivity contribution in [2.75, 3.05) is 11.9 Å². The lowest BCUT2D eigenvalue weighted by Gasteiger charge is -2.36. The van der Waals surface area contributed by atoms with Crippen molar-refractivity contribution >= 4 is 11.6 Å². The van der Waals surface area contributed by atoms with Crippen molar-refractivity contribution in [1.82, 2.24) is 19.9 Å². The third-order valence-electron chi connectivity index (χ3n) is 5.04. The van der Waals surface area contributed by atoms with E-state index < -0.39 is 0 Å². The summed E-state index contributed by atoms with van der Waals surface area (Å²) in [6.07, 6.45) is 9.49. The molecule has 0 amide bonds. The van der Waals surface area contributed by atoms with E-state index >= 15 is 0 Å². The zero-order valence-electron chi connectivity index (χ0n) is 15.7. The third kappa shape index (κ3) is 4.49. The number of likely N-dealkylation sites (tertiary alicyclic amines) is 1. The molecule has 1 aliphatic heterocycles. The molecule has 4 heterocycles. The van der Waals surface area contributed by atoms with Gasteiger partial charge in [-0.2, -0.15) is 0 Å². The Balaban J connectivity index is 1.47. The Morgan fingerprint density at radius 1 is 1.04 bits per heavy atom. The van der Waals surface area contributed by atoms with Gasteiger partial charge in [-0.15, -0.1) is 0 Å². The molecule has 3 aromatic heterocycles. The molecule has 4 rings (SSSR count). The molecule has 0 aliphatic carbocycles. The molecule has 27 heavy (non-hydrogen) atoms. The molecule has 1 aliphatic rings. The van der Waals surface area contributed by atoms with Crippen LogP contribution in [0.1, 0.15) is 42.1 Å². The number of anilines is 2. The van der Waals surface area contributed by atoms with Crippen molar-refractivity contribution in [3.63, 3.8) is 0 Å². The fraction of sp³-hybridized carbons (Fsp3) is 0.318. The lowest BCUT2D eigenvalue weighted by Crippen LogP contribution is -2.33. The lowest BCUT2D eigenvalue weighted by atomic mass is 9.96. The minimum Gasteiger partial charge on any atom is -0.325 e. The molecule has 1 unspecified atom stereocenters. The predicted molar refractivity (Wildman–Crippen MR) is 108 cm³/mol. The molecule has 0 aromatic carbocycles. The van der Waals surface area contributed by atoms with E-state index in [9.17, 15) is 0 Å². The summed E-state index contributed by atoms with van der Waals surface area (Å²) in [5, 5.41) is 3.28. The van der Waals surface area contributed by atoms with E-state index in [1.165, 1.54) is 30.4 Å². The van der Waals surface area contributed by atoms with E-state index in [-0.39, 0.29) is 0 Å². The Hall–Kier alpha value is -2.79. The van der Waals surface area contributed by atoms with Crippen LogP contribution in [0.25, 0.3) is 0 Å². The second-order valence-corrected chi connectivity index (χ2v) is 7.11. The van der Waals surface area contributed by atoms with Crippen LogP contribution >= 0.6 is 0 Å². The monoisotopic (exact) mass is 359 g/mol. The summed E-state index contributed by atoms with van der Waals surface area (Å²) in [5.74, 6) is 1.65. The van der Waals surface area contributed by atoms with Crippen molar-refractivity contribution in [1.29, 1.82) is 0 Å². The number of hydrogen-bond donors (Lipinski definition) is 1. The number of aryl methyl sites for hydroxylation is 1. The van der Waals surface area contributed by atoms with Gasteiger partial charge >= 0.3 is 0 Å². The summed E-state index contributed by atoms with van der Waals surface area (Å²) >= 11 is 0. The summed E-state index contributed by atoms with van der Waals surface area (Å²) in [5.41, 5.74) is 3.53. The Morgan fingerprint density at radius 2 is 2.00 bits per heavy atom. The predicted octanol–water partition coefficient (Wildman–Crippen LogP) is 4.65. The molecule has 1 saturated heterocycles. The number of hydrogen-bond acceptors (Lipinski definition) is 5. The van der Waals surface area contributed by atoms with Crippen LogP contribution in [0.15, 0.2) is 61.1 Å². The molecule has 5 heteroatoms. The van der Waals surface area contributed by atoms with Crippen LogP contribution in [0.5, 0.6) is 0 Å². The zero-order chi connectivity index (χ0) is 18.5. The Labute approximate surface area is 160 Å². The molecule has 1 N–H and O–H groups in total. The quantitative estimate of drug-likeness (QED) is 0.718. The molecule has 138 valence electrons. The minimum absolute atomic E-state index is 0.414. The van der Waals surface area contributed by atoms with Gasteiger partial charge in [-0.25, -0.2) is 9.97 Å². The number of piperidine rings is 1. The standard InChI is InChI=1S/C22H25N5/c1-17-6-4-9-22(25-17)26-21-11-10-19(15-24-21)20-8-2-3-13-27(20)16-18-7-5-12-23-14-18/h4-7,9-12,14-15,20H,2-3,8,13,16H2,1H3,(H,24,25,26). The normalized spacial score (nSPS) is 17.6. The van der Waals surface area contributed by atoms with Gasteiger partial charge in [-0.05, 0) is 61.7 Å². The first-order chi connectivity index (χ1) is 13.3. The highest BCUT2D eigenvalue weighted by molar-refractivity contribution is 5.51. The topological polar surface area (TPSA) is 53.9 Å². The van der Waals surface area contributed by atoms with Crippen molar-refractivity contribution in [2.24, 2.45) is 0 Å². The van der Waals surface area contributed by atoms with E-state index in [1.807, 2.05) is 49.8 Å². The van der Waals surface area contributed by atoms with Gasteiger partial charge < -0.3 is 5.32 Å². The van der Waals surface area contributed by atoms with E-state index in [0.717, 1.165) is 30.4 Å². The summed E-state index contributed by atoms with van der Waals surface area (Å²) in [6, 6.07) is 14.8. The smallest absolute Gasteiger partial charge is 0.131 e. The zero-order valence-corrected chi connectivity index (χ0v) is 15.7. The maximum Gasteiger partial charge on any atom is 0.131 e. The minimum atomic E-state index is 0.414. The Morgan fingerprint density at radius 3 is 2.78 bits per heavy atom. The van der Waals surface area contributed by atoms with Crippen LogP contribution in [0.3, 0.4) is 0 Å². The largest absolute Gasteiger partial charge is 0.325 e. The number of aromatic nitrogens is 3. The van der Waals surface area contributed by atoms with Crippen LogP contribution in [0, 0.1) is 6.92 Å². The summed E-state index contributed by atoms with van der Waals surface area (Å²) in [6.45, 7) is 4.04. The average molecular weight is 359 g/mol. The Kier molecular flexibility index (Phi) is 5.39. The van der Waals surface area contributed by atoms with Crippen molar-refractivity contribution in [3.05, 3.63) is 77.9 Å². The van der Waals surface area contributed by atoms with E-state index in [0.29, 0.717) is 6.04 Å². The molecule has 0 bridgehead atoms. The number of pyridine rings is 3. The molecule has 0 radical (unpaired) electrons. The fourth-order valence-corrected chi connectivity index (χ4v) is 3.70. The average Bonchev–Trinajstić information content (AvgIpc) is 2.70. The third-order valence-corrected chi connectivity index (χ3v) is 5.04. The number of rotatable bonds is 5. The van der Waals surface area contributed by atoms with E-state index in [1.54, 1.807) is 0 Å². The first kappa shape index (κ1) is 17.6. The molecular weight excluding hydrogens is 334 g/mol. The van der Waals surface area contributed by atoms with Gasteiger partial charge in [-0.1, -0.05) is 24.6 Å². The first-order valence-corrected chi connectivity index (χ1v) is 9.57. The second kappa shape index (κ2) is 8.27. The first-order valence-electron chi connectivity index (χ1n) is 9.57. The van der Waals surface area contributed by atoms with Crippen molar-refractivity contribution in [3.8, 4) is 0 Å². The van der Waals surface area contributed by atoms with Gasteiger partial charge in [0.1, 0.15) is 11.6 Å². The van der Waals surface area contributed by atoms with E-state index in [4.69, 9.17) is 0 Å². The van der Waals surface area contributed by atoms with Gasteiger partial charge in [-0.3, -0.25) is 9.88 Å². The van der Waals surface area contributed by atoms with Crippen molar-refractivity contribution < 1.29 is 0 Å². The maximum absolute atomic E-state index is 4.63. The van der Waals surface area contributed by atoms with Crippen LogP contribution in [0.2, 0.25) is 0 Å². The highest BCUT2D eigenvalue weighted by Gasteiger charge is 2.24. The SMILES string of the molecule is Cc1cccc(Nc2ccc(C3CCCCN3Cc3cccnc3)cn2)n1. The van der Waals surface area contributed by atoms with Gasteiger partial charge in [0.05, 0.1) is 0 Å². The molecule has 1 fully saturated rings. The van der Waals surface area contributed by atoms with Crippen molar-refractivity contribution in [2.45, 2.75) is 38.8 Å². The second-order valence-electron chi connectivity index (χ2n) is 7.11. The highest BCUT2D eigenvalue weighted by atomic mass is 15.2. The van der Waals surface area contributed by atoms with E-state index in [2.05, 4.69) is 43.4 Å². The van der Waals surface area contributed by atoms with Gasteiger partial charge in [0.15, 0.2) is 0 Å². The maximum atomic E-state index is 4.63. The van der Waals surface area contributed by atoms with Crippen LogP contribution in [-0.4, -0.2) is 26.4 Å². The number of nitrogens with zero attached hydrogens (tertiary/aromatic N) is 4. The van der Waals surface area contributed by atoms with Crippen LogP contribution < -0.4 is 5.32 Å².